The number of benzene rings is 15. The Labute approximate surface area is 768 Å². The SMILES string of the molecule is CC.CC.CC.CC.CC.CC.CC.CCc1nc(C)nc(CC)n1.CCc1nc(C)nc(CC)n1.CCc1nc(C)nc(CC)n1.c1ccc2c(c1)Cc1c-2ccc2ccccc12.c1ccc2c(c1)Cc1c-2ccc2ccccc12.c1ccc2c(c1)Cc1c-2ccc2ccccc12.c1ccc2ccccc2c1.c1ccc2ccccc2c1.c1ccc2ccccc2c1. The predicted octanol–water partition coefficient (Wildman–Crippen LogP) is 32.9. The van der Waals surface area contributed by atoms with Crippen LogP contribution in [0.3, 0.4) is 0 Å². The first-order chi connectivity index (χ1) is 63.0. The molecule has 0 radical (unpaired) electrons. The van der Waals surface area contributed by atoms with Crippen LogP contribution in [0.1, 0.15) is 224 Å². The van der Waals surface area contributed by atoms with Crippen molar-refractivity contribution in [2.24, 2.45) is 0 Å². The molecule has 21 rings (SSSR count). The quantitative estimate of drug-likeness (QED) is 0.160. The van der Waals surface area contributed by atoms with Crippen LogP contribution in [0.15, 0.2) is 328 Å². The molecule has 0 amide bonds. The third kappa shape index (κ3) is 29.8. The molecule has 3 aliphatic carbocycles. The summed E-state index contributed by atoms with van der Waals surface area (Å²) < 4.78 is 0. The zero-order valence-corrected chi connectivity index (χ0v) is 81.1. The summed E-state index contributed by atoms with van der Waals surface area (Å²) in [6, 6.07) is 116. The van der Waals surface area contributed by atoms with E-state index in [-0.39, 0.29) is 0 Å². The van der Waals surface area contributed by atoms with Crippen molar-refractivity contribution in [3.63, 3.8) is 0 Å². The van der Waals surface area contributed by atoms with Gasteiger partial charge < -0.3 is 0 Å². The van der Waals surface area contributed by atoms with E-state index in [0.717, 1.165) is 110 Å². The van der Waals surface area contributed by atoms with Crippen molar-refractivity contribution >= 4 is 64.6 Å². The van der Waals surface area contributed by atoms with E-state index in [9.17, 15) is 0 Å². The Balaban J connectivity index is 0.000000220. The molecular formula is C119H141N9. The van der Waals surface area contributed by atoms with E-state index in [1.54, 1.807) is 0 Å². The average Bonchev–Trinajstić information content (AvgIpc) is 1.62. The second kappa shape index (κ2) is 58.2. The highest BCUT2D eigenvalue weighted by atomic mass is 15.0. The minimum atomic E-state index is 0.828. The van der Waals surface area contributed by atoms with Crippen molar-refractivity contribution in [3.05, 3.63) is 413 Å². The second-order valence-electron chi connectivity index (χ2n) is 28.2. The minimum absolute atomic E-state index is 0.828. The number of rotatable bonds is 6. The van der Waals surface area contributed by atoms with Crippen molar-refractivity contribution in [2.75, 3.05) is 0 Å². The van der Waals surface area contributed by atoms with E-state index < -0.39 is 0 Å². The number of nitrogens with zero attached hydrogens (tertiary/aromatic N) is 9. The highest BCUT2D eigenvalue weighted by Crippen LogP contribution is 2.43. The van der Waals surface area contributed by atoms with Crippen LogP contribution in [0.25, 0.3) is 98.0 Å². The summed E-state index contributed by atoms with van der Waals surface area (Å²) in [5, 5.41) is 16.1. The molecule has 662 valence electrons. The fourth-order valence-corrected chi connectivity index (χ4v) is 14.9. The Morgan fingerprint density at radius 3 is 0.500 bits per heavy atom. The molecule has 0 N–H and O–H groups in total. The summed E-state index contributed by atoms with van der Waals surface area (Å²) in [7, 11) is 0. The number of aromatic nitrogens is 9. The molecule has 0 bridgehead atoms. The first-order valence-electron chi connectivity index (χ1n) is 47.2. The second-order valence-corrected chi connectivity index (χ2v) is 28.2. The number of aryl methyl sites for hydroxylation is 9. The Morgan fingerprint density at radius 1 is 0.164 bits per heavy atom. The van der Waals surface area contributed by atoms with Gasteiger partial charge in [-0.25, -0.2) is 44.9 Å². The molecule has 0 unspecified atom stereocenters. The van der Waals surface area contributed by atoms with Crippen molar-refractivity contribution in [2.45, 2.75) is 217 Å². The lowest BCUT2D eigenvalue weighted by Crippen LogP contribution is -2.03. The fraction of sp³-hybridized carbons (Fsp3) is 0.269. The summed E-state index contributed by atoms with van der Waals surface area (Å²) in [6.07, 6.45) is 8.54. The Bertz CT molecular complexity index is 5400. The van der Waals surface area contributed by atoms with Gasteiger partial charge in [0.2, 0.25) is 0 Å². The monoisotopic (exact) mass is 1700 g/mol. The zero-order chi connectivity index (χ0) is 93.0. The van der Waals surface area contributed by atoms with Crippen molar-refractivity contribution in [1.29, 1.82) is 0 Å². The van der Waals surface area contributed by atoms with Gasteiger partial charge in [-0.2, -0.15) is 0 Å². The van der Waals surface area contributed by atoms with Crippen LogP contribution in [-0.4, -0.2) is 44.9 Å². The highest BCUT2D eigenvalue weighted by Gasteiger charge is 2.22. The fourth-order valence-electron chi connectivity index (χ4n) is 14.9. The maximum Gasteiger partial charge on any atom is 0.132 e. The molecule has 0 spiro atoms. The van der Waals surface area contributed by atoms with Gasteiger partial charge in [-0.15, -0.1) is 0 Å². The molecule has 0 saturated carbocycles. The van der Waals surface area contributed by atoms with Crippen LogP contribution < -0.4 is 0 Å². The van der Waals surface area contributed by atoms with E-state index in [4.69, 9.17) is 0 Å². The van der Waals surface area contributed by atoms with Gasteiger partial charge in [0.15, 0.2) is 0 Å². The molecule has 3 aromatic heterocycles. The molecule has 0 saturated heterocycles. The van der Waals surface area contributed by atoms with Crippen molar-refractivity contribution in [3.8, 4) is 33.4 Å². The smallest absolute Gasteiger partial charge is 0.132 e. The number of fused-ring (bicyclic) bond motifs is 18. The van der Waals surface area contributed by atoms with Gasteiger partial charge in [-0.05, 0) is 171 Å². The normalized spacial score (nSPS) is 10.2. The molecule has 0 atom stereocenters. The molecule has 128 heavy (non-hydrogen) atoms. The lowest BCUT2D eigenvalue weighted by molar-refractivity contribution is 0.797. The summed E-state index contributed by atoms with van der Waals surface area (Å²) in [5.41, 5.74) is 17.3. The minimum Gasteiger partial charge on any atom is -0.218 e. The van der Waals surface area contributed by atoms with Crippen LogP contribution in [0.5, 0.6) is 0 Å². The van der Waals surface area contributed by atoms with Gasteiger partial charge in [-0.1, -0.05) is 466 Å². The van der Waals surface area contributed by atoms with E-state index in [1.807, 2.05) is 159 Å². The van der Waals surface area contributed by atoms with Gasteiger partial charge in [-0.3, -0.25) is 0 Å². The maximum absolute atomic E-state index is 4.25. The molecular weight excluding hydrogens is 1560 g/mol. The van der Waals surface area contributed by atoms with Crippen LogP contribution in [0, 0.1) is 20.8 Å². The molecule has 9 nitrogen and oxygen atoms in total. The third-order valence-corrected chi connectivity index (χ3v) is 20.5. The topological polar surface area (TPSA) is 116 Å². The van der Waals surface area contributed by atoms with Gasteiger partial charge in [0.25, 0.3) is 0 Å². The lowest BCUT2D eigenvalue weighted by atomic mass is 9.99. The first-order valence-corrected chi connectivity index (χ1v) is 47.2. The average molecular weight is 1700 g/mol. The van der Waals surface area contributed by atoms with Crippen molar-refractivity contribution < 1.29 is 0 Å². The van der Waals surface area contributed by atoms with E-state index in [2.05, 4.69) is 372 Å². The third-order valence-electron chi connectivity index (χ3n) is 20.5. The molecule has 9 heteroatoms. The van der Waals surface area contributed by atoms with Gasteiger partial charge in [0.1, 0.15) is 52.4 Å². The van der Waals surface area contributed by atoms with E-state index in [1.165, 1.54) is 131 Å². The Kier molecular flexibility index (Phi) is 47.2. The molecule has 0 fully saturated rings. The first kappa shape index (κ1) is 104. The summed E-state index contributed by atoms with van der Waals surface area (Å²) >= 11 is 0. The standard InChI is InChI=1S/3C17H12.3C10H8.3C8H13N3.7C2H6/c3*1-3-7-14-12(5-1)9-10-16-15-8-4-2-6-13(15)11-17(14)16;3*1-2-6-10-8-4-3-7-9(10)5-1;3*1-4-7-9-6(3)10-8(5-2)11-7;7*1-2/h3*1-10H,11H2;3*1-8H;3*4-5H2,1-3H3;7*1-2H3. The molecule has 3 heterocycles. The predicted molar refractivity (Wildman–Crippen MR) is 558 cm³/mol. The van der Waals surface area contributed by atoms with E-state index >= 15 is 0 Å². The molecule has 3 aliphatic rings. The number of hydrogen-bond acceptors (Lipinski definition) is 9. The highest BCUT2D eigenvalue weighted by molar-refractivity contribution is 5.98. The molecule has 15 aromatic carbocycles. The van der Waals surface area contributed by atoms with Crippen LogP contribution >= 0.6 is 0 Å². The van der Waals surface area contributed by atoms with Crippen LogP contribution in [0.2, 0.25) is 0 Å². The van der Waals surface area contributed by atoms with Crippen molar-refractivity contribution in [1.82, 2.24) is 44.9 Å². The number of hydrogen-bond donors (Lipinski definition) is 0. The summed E-state index contributed by atoms with van der Waals surface area (Å²) in [6.45, 7) is 46.0. The summed E-state index contributed by atoms with van der Waals surface area (Å²) in [5.74, 6) is 7.87. The molecule has 0 aliphatic heterocycles. The maximum atomic E-state index is 4.25. The van der Waals surface area contributed by atoms with Gasteiger partial charge in [0, 0.05) is 38.5 Å². The Morgan fingerprint density at radius 2 is 0.320 bits per heavy atom. The van der Waals surface area contributed by atoms with Gasteiger partial charge >= 0.3 is 0 Å². The van der Waals surface area contributed by atoms with Crippen LogP contribution in [-0.2, 0) is 57.8 Å². The summed E-state index contributed by atoms with van der Waals surface area (Å²) in [4.78, 5) is 37.8. The largest absolute Gasteiger partial charge is 0.218 e. The lowest BCUT2D eigenvalue weighted by Gasteiger charge is -2.05. The zero-order valence-electron chi connectivity index (χ0n) is 81.1. The van der Waals surface area contributed by atoms with E-state index in [0.29, 0.717) is 0 Å². The van der Waals surface area contributed by atoms with Crippen LogP contribution in [0.4, 0.5) is 0 Å². The van der Waals surface area contributed by atoms with Gasteiger partial charge in [0.05, 0.1) is 0 Å². The molecule has 18 aromatic rings. The Hall–Kier alpha value is -13.1.